The molecule has 0 atom stereocenters. The van der Waals surface area contributed by atoms with Crippen molar-refractivity contribution in [3.63, 3.8) is 0 Å². The Kier molecular flexibility index (Phi) is 6.21. The maximum Gasteiger partial charge on any atom is 0.253 e. The first kappa shape index (κ1) is 16.8. The fourth-order valence-corrected chi connectivity index (χ4v) is 1.38. The van der Waals surface area contributed by atoms with Crippen LogP contribution in [-0.2, 0) is 6.42 Å². The van der Waals surface area contributed by atoms with Gasteiger partial charge in [-0.05, 0) is 33.3 Å². The number of nitrogens with two attached hydrogens (primary N) is 1. The summed E-state index contributed by atoms with van der Waals surface area (Å²) in [6.45, 7) is 7.92. The number of hydrogen-bond donors (Lipinski definition) is 2. The van der Waals surface area contributed by atoms with Gasteiger partial charge in [0.2, 0.25) is 0 Å². The zero-order valence-corrected chi connectivity index (χ0v) is 12.1. The van der Waals surface area contributed by atoms with Crippen molar-refractivity contribution in [3.05, 3.63) is 23.0 Å². The Morgan fingerprint density at radius 1 is 1.44 bits per heavy atom. The number of aryl methyl sites for hydroxylation is 2. The Balaban J connectivity index is 0.00000289. The van der Waals surface area contributed by atoms with E-state index in [1.807, 2.05) is 27.7 Å². The van der Waals surface area contributed by atoms with Gasteiger partial charge < -0.3 is 11.1 Å². The molecule has 0 bridgehead atoms. The van der Waals surface area contributed by atoms with Crippen LogP contribution in [-0.4, -0.2) is 28.2 Å². The standard InChI is InChI=1S/C12H20N4O.ClH/c1-5-10-9(6-8(2)15-16-10)11(17)14-7-12(3,4)13;/h6H,5,7,13H2,1-4H3,(H,14,17);1H. The summed E-state index contributed by atoms with van der Waals surface area (Å²) in [7, 11) is 0. The van der Waals surface area contributed by atoms with E-state index in [1.165, 1.54) is 0 Å². The monoisotopic (exact) mass is 272 g/mol. The molecule has 6 heteroatoms. The SMILES string of the molecule is CCc1nnc(C)cc1C(=O)NCC(C)(C)N.Cl. The molecule has 0 fully saturated rings. The van der Waals surface area contributed by atoms with Gasteiger partial charge in [-0.2, -0.15) is 10.2 Å². The highest BCUT2D eigenvalue weighted by atomic mass is 35.5. The van der Waals surface area contributed by atoms with Crippen molar-refractivity contribution < 1.29 is 4.79 Å². The minimum Gasteiger partial charge on any atom is -0.350 e. The molecule has 3 N–H and O–H groups in total. The number of nitrogens with zero attached hydrogens (tertiary/aromatic N) is 2. The summed E-state index contributed by atoms with van der Waals surface area (Å²) in [4.78, 5) is 12.0. The number of rotatable bonds is 4. The van der Waals surface area contributed by atoms with Crippen molar-refractivity contribution in [2.45, 2.75) is 39.7 Å². The average Bonchev–Trinajstić information content (AvgIpc) is 2.25. The van der Waals surface area contributed by atoms with Gasteiger partial charge in [0, 0.05) is 12.1 Å². The smallest absolute Gasteiger partial charge is 0.253 e. The molecule has 0 unspecified atom stereocenters. The Morgan fingerprint density at radius 2 is 2.06 bits per heavy atom. The predicted octanol–water partition coefficient (Wildman–Crippen LogP) is 1.24. The predicted molar refractivity (Wildman–Crippen MR) is 74.0 cm³/mol. The van der Waals surface area contributed by atoms with Crippen molar-refractivity contribution in [2.24, 2.45) is 5.73 Å². The van der Waals surface area contributed by atoms with Crippen molar-refractivity contribution in [1.29, 1.82) is 0 Å². The van der Waals surface area contributed by atoms with Gasteiger partial charge in [-0.25, -0.2) is 0 Å². The van der Waals surface area contributed by atoms with Crippen LogP contribution < -0.4 is 11.1 Å². The lowest BCUT2D eigenvalue weighted by molar-refractivity contribution is 0.0944. The summed E-state index contributed by atoms with van der Waals surface area (Å²) in [6, 6.07) is 1.75. The number of carbonyl (C=O) groups excluding carboxylic acids is 1. The van der Waals surface area contributed by atoms with E-state index in [9.17, 15) is 4.79 Å². The second-order valence-electron chi connectivity index (χ2n) is 4.87. The molecule has 0 radical (unpaired) electrons. The molecule has 1 amide bonds. The third-order valence-corrected chi connectivity index (χ3v) is 2.28. The van der Waals surface area contributed by atoms with Crippen LogP contribution >= 0.6 is 12.4 Å². The van der Waals surface area contributed by atoms with Crippen LogP contribution in [0.5, 0.6) is 0 Å². The number of aromatic nitrogens is 2. The van der Waals surface area contributed by atoms with Gasteiger partial charge in [0.15, 0.2) is 0 Å². The maximum absolute atomic E-state index is 12.0. The van der Waals surface area contributed by atoms with Crippen LogP contribution in [0.4, 0.5) is 0 Å². The molecule has 0 aliphatic heterocycles. The molecule has 5 nitrogen and oxygen atoms in total. The number of hydrogen-bond acceptors (Lipinski definition) is 4. The first-order valence-corrected chi connectivity index (χ1v) is 5.74. The number of halogens is 1. The number of nitrogens with one attached hydrogen (secondary N) is 1. The highest BCUT2D eigenvalue weighted by Crippen LogP contribution is 2.07. The van der Waals surface area contributed by atoms with Crippen molar-refractivity contribution in [2.75, 3.05) is 6.54 Å². The van der Waals surface area contributed by atoms with E-state index in [4.69, 9.17) is 5.73 Å². The quantitative estimate of drug-likeness (QED) is 0.864. The summed E-state index contributed by atoms with van der Waals surface area (Å²) in [5.41, 5.74) is 7.43. The van der Waals surface area contributed by atoms with Gasteiger partial charge in [-0.15, -0.1) is 12.4 Å². The molecule has 0 spiro atoms. The van der Waals surface area contributed by atoms with E-state index < -0.39 is 5.54 Å². The van der Waals surface area contributed by atoms with Gasteiger partial charge in [-0.1, -0.05) is 6.92 Å². The molecule has 102 valence electrons. The molecule has 1 aromatic rings. The minimum absolute atomic E-state index is 0. The fraction of sp³-hybridized carbons (Fsp3) is 0.583. The molecular formula is C12H21ClN4O. The van der Waals surface area contributed by atoms with Gasteiger partial charge >= 0.3 is 0 Å². The number of amides is 1. The lowest BCUT2D eigenvalue weighted by Gasteiger charge is -2.19. The van der Waals surface area contributed by atoms with E-state index in [1.54, 1.807) is 6.07 Å². The lowest BCUT2D eigenvalue weighted by atomic mass is 10.1. The van der Waals surface area contributed by atoms with Crippen LogP contribution in [0, 0.1) is 6.92 Å². The third-order valence-electron chi connectivity index (χ3n) is 2.28. The van der Waals surface area contributed by atoms with Crippen LogP contribution in [0.25, 0.3) is 0 Å². The summed E-state index contributed by atoms with van der Waals surface area (Å²) < 4.78 is 0. The molecule has 0 saturated carbocycles. The second kappa shape index (κ2) is 6.66. The number of carbonyl (C=O) groups is 1. The van der Waals surface area contributed by atoms with E-state index in [-0.39, 0.29) is 18.3 Å². The fourth-order valence-electron chi connectivity index (χ4n) is 1.38. The summed E-state index contributed by atoms with van der Waals surface area (Å²) in [5.74, 6) is -0.140. The van der Waals surface area contributed by atoms with Gasteiger partial charge in [0.25, 0.3) is 5.91 Å². The topological polar surface area (TPSA) is 80.9 Å². The van der Waals surface area contributed by atoms with Crippen LogP contribution in [0.15, 0.2) is 6.07 Å². The Morgan fingerprint density at radius 3 is 2.56 bits per heavy atom. The molecule has 0 saturated heterocycles. The largest absolute Gasteiger partial charge is 0.350 e. The van der Waals surface area contributed by atoms with Gasteiger partial charge in [0.1, 0.15) is 0 Å². The molecule has 0 aliphatic carbocycles. The second-order valence-corrected chi connectivity index (χ2v) is 4.87. The zero-order chi connectivity index (χ0) is 13.1. The summed E-state index contributed by atoms with van der Waals surface area (Å²) >= 11 is 0. The van der Waals surface area contributed by atoms with Crippen molar-refractivity contribution >= 4 is 18.3 Å². The normalized spacial score (nSPS) is 10.7. The van der Waals surface area contributed by atoms with E-state index in [0.717, 1.165) is 5.69 Å². The van der Waals surface area contributed by atoms with E-state index >= 15 is 0 Å². The van der Waals surface area contributed by atoms with E-state index in [0.29, 0.717) is 24.2 Å². The molecule has 0 aromatic carbocycles. The van der Waals surface area contributed by atoms with Crippen LogP contribution in [0.3, 0.4) is 0 Å². The minimum atomic E-state index is -0.419. The van der Waals surface area contributed by atoms with Crippen molar-refractivity contribution in [3.8, 4) is 0 Å². The molecule has 1 aromatic heterocycles. The Hall–Kier alpha value is -1.20. The van der Waals surface area contributed by atoms with E-state index in [2.05, 4.69) is 15.5 Å². The highest BCUT2D eigenvalue weighted by molar-refractivity contribution is 5.95. The molecule has 1 heterocycles. The molecule has 1 rings (SSSR count). The molecule has 0 aliphatic rings. The van der Waals surface area contributed by atoms with Crippen molar-refractivity contribution in [1.82, 2.24) is 15.5 Å². The molecular weight excluding hydrogens is 252 g/mol. The highest BCUT2D eigenvalue weighted by Gasteiger charge is 2.16. The maximum atomic E-state index is 12.0. The summed E-state index contributed by atoms with van der Waals surface area (Å²) in [6.07, 6.45) is 0.683. The van der Waals surface area contributed by atoms with Crippen LogP contribution in [0.2, 0.25) is 0 Å². The third kappa shape index (κ3) is 4.98. The van der Waals surface area contributed by atoms with Gasteiger partial charge in [-0.3, -0.25) is 4.79 Å². The lowest BCUT2D eigenvalue weighted by Crippen LogP contribution is -2.45. The average molecular weight is 273 g/mol. The molecule has 18 heavy (non-hydrogen) atoms. The van der Waals surface area contributed by atoms with Gasteiger partial charge in [0.05, 0.1) is 17.0 Å². The first-order chi connectivity index (χ1) is 7.83. The van der Waals surface area contributed by atoms with Crippen LogP contribution in [0.1, 0.15) is 42.5 Å². The zero-order valence-electron chi connectivity index (χ0n) is 11.3. The Bertz CT molecular complexity index is 415. The first-order valence-electron chi connectivity index (χ1n) is 5.74. The Labute approximate surface area is 114 Å². The summed E-state index contributed by atoms with van der Waals surface area (Å²) in [5, 5.41) is 10.8.